The highest BCUT2D eigenvalue weighted by Crippen LogP contribution is 2.23. The molecule has 0 unspecified atom stereocenters. The summed E-state index contributed by atoms with van der Waals surface area (Å²) in [7, 11) is 1.98. The van der Waals surface area contributed by atoms with Crippen LogP contribution in [0.25, 0.3) is 5.69 Å². The maximum Gasteiger partial charge on any atom is 0.293 e. The van der Waals surface area contributed by atoms with Crippen molar-refractivity contribution >= 4 is 17.5 Å². The summed E-state index contributed by atoms with van der Waals surface area (Å²) in [5.41, 5.74) is 0.753. The number of nitrogens with zero attached hydrogens (tertiary/aromatic N) is 4. The van der Waals surface area contributed by atoms with Gasteiger partial charge >= 0.3 is 0 Å². The van der Waals surface area contributed by atoms with Gasteiger partial charge in [0.15, 0.2) is 0 Å². The Hall–Kier alpha value is -1.92. The maximum atomic E-state index is 12.9. The Morgan fingerprint density at radius 2 is 2.04 bits per heavy atom. The minimum atomic E-state index is -0.0856. The van der Waals surface area contributed by atoms with Crippen LogP contribution in [0, 0.1) is 5.92 Å². The van der Waals surface area contributed by atoms with E-state index in [4.69, 9.17) is 11.6 Å². The lowest BCUT2D eigenvalue weighted by Gasteiger charge is -2.31. The smallest absolute Gasteiger partial charge is 0.293 e. The third-order valence-corrected chi connectivity index (χ3v) is 5.29. The molecule has 1 aliphatic heterocycles. The molecule has 7 heteroatoms. The van der Waals surface area contributed by atoms with Gasteiger partial charge in [0.25, 0.3) is 5.91 Å². The fraction of sp³-hybridized carbons (Fsp3) is 0.526. The zero-order valence-corrected chi connectivity index (χ0v) is 16.2. The molecule has 2 aromatic rings. The van der Waals surface area contributed by atoms with Crippen molar-refractivity contribution in [2.45, 2.75) is 32.6 Å². The van der Waals surface area contributed by atoms with E-state index in [1.165, 1.54) is 0 Å². The van der Waals surface area contributed by atoms with Crippen LogP contribution in [0.4, 0.5) is 0 Å². The van der Waals surface area contributed by atoms with Crippen molar-refractivity contribution in [2.24, 2.45) is 5.92 Å². The monoisotopic (exact) mass is 375 g/mol. The van der Waals surface area contributed by atoms with E-state index in [9.17, 15) is 4.79 Å². The Morgan fingerprint density at radius 3 is 2.69 bits per heavy atom. The van der Waals surface area contributed by atoms with Gasteiger partial charge in [0.1, 0.15) is 5.82 Å². The number of amides is 1. The second-order valence-corrected chi connectivity index (χ2v) is 7.10. The zero-order chi connectivity index (χ0) is 18.5. The third kappa shape index (κ3) is 4.07. The van der Waals surface area contributed by atoms with Gasteiger partial charge in [-0.25, -0.2) is 9.67 Å². The first-order valence-electron chi connectivity index (χ1n) is 9.28. The second-order valence-electron chi connectivity index (χ2n) is 6.70. The molecule has 140 valence electrons. The summed E-state index contributed by atoms with van der Waals surface area (Å²) < 4.78 is 1.69. The number of para-hydroxylation sites is 1. The van der Waals surface area contributed by atoms with E-state index in [0.29, 0.717) is 17.4 Å². The summed E-state index contributed by atoms with van der Waals surface area (Å²) in [6.45, 7) is 4.58. The second kappa shape index (κ2) is 8.64. The van der Waals surface area contributed by atoms with Crippen molar-refractivity contribution < 1.29 is 4.79 Å². The van der Waals surface area contributed by atoms with E-state index < -0.39 is 0 Å². The average Bonchev–Trinajstić information content (AvgIpc) is 3.10. The largest absolute Gasteiger partial charge is 0.336 e. The number of carbonyl (C=O) groups excluding carboxylic acids is 1. The molecule has 1 aliphatic rings. The normalized spacial score (nSPS) is 15.4. The minimum Gasteiger partial charge on any atom is -0.336 e. The topological polar surface area (TPSA) is 63.1 Å². The number of aryl methyl sites for hydroxylation is 1. The first kappa shape index (κ1) is 18.9. The molecule has 1 N–H and O–H groups in total. The molecule has 6 nitrogen and oxygen atoms in total. The van der Waals surface area contributed by atoms with Crippen LogP contribution < -0.4 is 5.32 Å². The molecule has 0 radical (unpaired) electrons. The molecule has 1 aromatic heterocycles. The summed E-state index contributed by atoms with van der Waals surface area (Å²) in [4.78, 5) is 19.2. The third-order valence-electron chi connectivity index (χ3n) is 4.97. The number of nitrogens with one attached hydrogen (secondary N) is 1. The number of carbonyl (C=O) groups is 1. The Morgan fingerprint density at radius 1 is 1.31 bits per heavy atom. The molecule has 1 aromatic carbocycles. The van der Waals surface area contributed by atoms with Crippen molar-refractivity contribution in [3.05, 3.63) is 40.9 Å². The number of halogens is 1. The molecule has 26 heavy (non-hydrogen) atoms. The number of benzene rings is 1. The van der Waals surface area contributed by atoms with E-state index in [1.807, 2.05) is 43.1 Å². The van der Waals surface area contributed by atoms with Gasteiger partial charge < -0.3 is 10.2 Å². The van der Waals surface area contributed by atoms with Crippen LogP contribution in [-0.4, -0.2) is 52.3 Å². The predicted molar refractivity (Wildman–Crippen MR) is 103 cm³/mol. The van der Waals surface area contributed by atoms with Crippen LogP contribution in [-0.2, 0) is 6.42 Å². The Balaban J connectivity index is 1.74. The van der Waals surface area contributed by atoms with Crippen molar-refractivity contribution in [1.29, 1.82) is 0 Å². The van der Waals surface area contributed by atoms with Crippen LogP contribution >= 0.6 is 11.6 Å². The standard InChI is InChI=1S/C19H26ClN5O/c1-3-17-22-18(23-25(17)16-7-5-4-6-15(16)20)19(26)24-12-9-14(10-13-24)8-11-21-2/h4-7,14,21H,3,8-13H2,1-2H3. The number of rotatable bonds is 6. The molecule has 0 spiro atoms. The van der Waals surface area contributed by atoms with E-state index >= 15 is 0 Å². The van der Waals surface area contributed by atoms with Gasteiger partial charge in [-0.1, -0.05) is 30.7 Å². The van der Waals surface area contributed by atoms with Gasteiger partial charge in [0.05, 0.1) is 10.7 Å². The molecule has 0 saturated carbocycles. The number of aromatic nitrogens is 3. The SMILES string of the molecule is CCc1nc(C(=O)N2CCC(CCNC)CC2)nn1-c1ccccc1Cl. The Kier molecular flexibility index (Phi) is 6.27. The molecule has 2 heterocycles. The molecule has 0 atom stereocenters. The van der Waals surface area contributed by atoms with E-state index in [2.05, 4.69) is 15.4 Å². The van der Waals surface area contributed by atoms with Crippen LogP contribution in [0.1, 0.15) is 42.6 Å². The van der Waals surface area contributed by atoms with Gasteiger partial charge in [0.2, 0.25) is 5.82 Å². The van der Waals surface area contributed by atoms with Crippen LogP contribution in [0.2, 0.25) is 5.02 Å². The molecule has 1 saturated heterocycles. The van der Waals surface area contributed by atoms with Crippen molar-refractivity contribution in [3.8, 4) is 5.69 Å². The highest BCUT2D eigenvalue weighted by Gasteiger charge is 2.27. The summed E-state index contributed by atoms with van der Waals surface area (Å²) in [6.07, 6.45) is 3.92. The number of piperidine rings is 1. The van der Waals surface area contributed by atoms with Gasteiger partial charge in [0, 0.05) is 19.5 Å². The minimum absolute atomic E-state index is 0.0856. The lowest BCUT2D eigenvalue weighted by Crippen LogP contribution is -2.39. The number of hydrogen-bond acceptors (Lipinski definition) is 4. The van der Waals surface area contributed by atoms with Crippen molar-refractivity contribution in [3.63, 3.8) is 0 Å². The molecule has 0 aliphatic carbocycles. The van der Waals surface area contributed by atoms with E-state index in [-0.39, 0.29) is 11.7 Å². The summed E-state index contributed by atoms with van der Waals surface area (Å²) in [5.74, 6) is 1.60. The molecular formula is C19H26ClN5O. The Bertz CT molecular complexity index is 752. The molecule has 1 fully saturated rings. The summed E-state index contributed by atoms with van der Waals surface area (Å²) >= 11 is 6.29. The average molecular weight is 376 g/mol. The van der Waals surface area contributed by atoms with Gasteiger partial charge in [-0.2, -0.15) is 0 Å². The lowest BCUT2D eigenvalue weighted by molar-refractivity contribution is 0.0674. The van der Waals surface area contributed by atoms with Crippen molar-refractivity contribution in [2.75, 3.05) is 26.7 Å². The first-order chi connectivity index (χ1) is 12.6. The van der Waals surface area contributed by atoms with E-state index in [1.54, 1.807) is 4.68 Å². The van der Waals surface area contributed by atoms with Crippen molar-refractivity contribution in [1.82, 2.24) is 25.0 Å². The molecule has 1 amide bonds. The summed E-state index contributed by atoms with van der Waals surface area (Å²) in [6, 6.07) is 7.48. The zero-order valence-electron chi connectivity index (χ0n) is 15.4. The van der Waals surface area contributed by atoms with Gasteiger partial charge in [-0.15, -0.1) is 5.10 Å². The highest BCUT2D eigenvalue weighted by atomic mass is 35.5. The number of likely N-dealkylation sites (tertiary alicyclic amines) is 1. The quantitative estimate of drug-likeness (QED) is 0.843. The summed E-state index contributed by atoms with van der Waals surface area (Å²) in [5, 5.41) is 8.27. The lowest BCUT2D eigenvalue weighted by atomic mass is 9.93. The fourth-order valence-electron chi connectivity index (χ4n) is 3.39. The molecule has 0 bridgehead atoms. The van der Waals surface area contributed by atoms with Crippen LogP contribution in [0.15, 0.2) is 24.3 Å². The number of hydrogen-bond donors (Lipinski definition) is 1. The van der Waals surface area contributed by atoms with Gasteiger partial charge in [-0.05, 0) is 50.9 Å². The van der Waals surface area contributed by atoms with Crippen LogP contribution in [0.3, 0.4) is 0 Å². The van der Waals surface area contributed by atoms with Gasteiger partial charge in [-0.3, -0.25) is 4.79 Å². The fourth-order valence-corrected chi connectivity index (χ4v) is 3.61. The molecule has 3 rings (SSSR count). The van der Waals surface area contributed by atoms with E-state index in [0.717, 1.165) is 50.4 Å². The first-order valence-corrected chi connectivity index (χ1v) is 9.66. The Labute approximate surface area is 159 Å². The van der Waals surface area contributed by atoms with Crippen LogP contribution in [0.5, 0.6) is 0 Å². The molecular weight excluding hydrogens is 350 g/mol. The predicted octanol–water partition coefficient (Wildman–Crippen LogP) is 2.94. The maximum absolute atomic E-state index is 12.9. The highest BCUT2D eigenvalue weighted by molar-refractivity contribution is 6.32.